The Kier molecular flexibility index (Phi) is 12.3. The average molecular weight is 543 g/mol. The summed E-state index contributed by atoms with van der Waals surface area (Å²) < 4.78 is 24.2. The van der Waals surface area contributed by atoms with E-state index < -0.39 is 24.4 Å². The number of benzene rings is 4. The van der Waals surface area contributed by atoms with Gasteiger partial charge in [0.1, 0.15) is 24.4 Å². The minimum atomic E-state index is -1.06. The number of ether oxygens (including phenoxy) is 4. The molecule has 0 heterocycles. The lowest BCUT2D eigenvalue weighted by Crippen LogP contribution is -2.50. The van der Waals surface area contributed by atoms with Gasteiger partial charge in [-0.25, -0.2) is 0 Å². The Balaban J connectivity index is 1.47. The first-order valence-electron chi connectivity index (χ1n) is 13.6. The van der Waals surface area contributed by atoms with Gasteiger partial charge in [-0.3, -0.25) is 0 Å². The second-order valence-electron chi connectivity index (χ2n) is 9.66. The van der Waals surface area contributed by atoms with Crippen LogP contribution in [0.2, 0.25) is 0 Å². The van der Waals surface area contributed by atoms with Crippen LogP contribution in [0.1, 0.15) is 22.3 Å². The molecule has 0 bridgehead atoms. The highest BCUT2D eigenvalue weighted by Crippen LogP contribution is 2.20. The molecule has 4 aromatic carbocycles. The molecule has 0 aliphatic heterocycles. The third-order valence-electron chi connectivity index (χ3n) is 6.45. The van der Waals surface area contributed by atoms with Gasteiger partial charge in [0, 0.05) is 0 Å². The lowest BCUT2D eigenvalue weighted by atomic mass is 10.0. The van der Waals surface area contributed by atoms with Crippen LogP contribution >= 0.6 is 0 Å². The molecule has 210 valence electrons. The summed E-state index contributed by atoms with van der Waals surface area (Å²) in [6.07, 6.45) is -3.88. The van der Waals surface area contributed by atoms with Crippen LogP contribution in [0.25, 0.3) is 0 Å². The molecule has 0 radical (unpaired) electrons. The van der Waals surface area contributed by atoms with E-state index in [0.717, 1.165) is 22.3 Å². The molecule has 40 heavy (non-hydrogen) atoms. The van der Waals surface area contributed by atoms with Crippen LogP contribution in [0.4, 0.5) is 0 Å². The second-order valence-corrected chi connectivity index (χ2v) is 9.66. The number of hydrogen-bond donors (Lipinski definition) is 2. The van der Waals surface area contributed by atoms with E-state index in [1.165, 1.54) is 0 Å². The van der Waals surface area contributed by atoms with E-state index in [1.54, 1.807) is 0 Å². The van der Waals surface area contributed by atoms with E-state index in [9.17, 15) is 10.2 Å². The molecule has 0 aromatic heterocycles. The fourth-order valence-electron chi connectivity index (χ4n) is 4.32. The topological polar surface area (TPSA) is 77.4 Å². The van der Waals surface area contributed by atoms with E-state index in [2.05, 4.69) is 0 Å². The van der Waals surface area contributed by atoms with Crippen molar-refractivity contribution in [2.45, 2.75) is 50.8 Å². The molecule has 6 heteroatoms. The van der Waals surface area contributed by atoms with E-state index >= 15 is 0 Å². The molecular formula is C34H38O6. The zero-order valence-electron chi connectivity index (χ0n) is 22.6. The largest absolute Gasteiger partial charge is 0.388 e. The number of aliphatic hydroxyl groups is 2. The fraction of sp³-hybridized carbons (Fsp3) is 0.294. The van der Waals surface area contributed by atoms with Crippen LogP contribution in [0.3, 0.4) is 0 Å². The Morgan fingerprint density at radius 3 is 0.975 bits per heavy atom. The lowest BCUT2D eigenvalue weighted by Gasteiger charge is -2.34. The van der Waals surface area contributed by atoms with Gasteiger partial charge < -0.3 is 29.2 Å². The molecule has 0 saturated carbocycles. The van der Waals surface area contributed by atoms with Crippen molar-refractivity contribution in [2.24, 2.45) is 0 Å². The summed E-state index contributed by atoms with van der Waals surface area (Å²) in [6.45, 7) is 1.20. The van der Waals surface area contributed by atoms with E-state index in [1.807, 2.05) is 121 Å². The Bertz CT molecular complexity index is 1090. The van der Waals surface area contributed by atoms with Crippen molar-refractivity contribution < 1.29 is 29.2 Å². The molecule has 0 unspecified atom stereocenters. The van der Waals surface area contributed by atoms with Gasteiger partial charge in [-0.15, -0.1) is 0 Å². The molecule has 0 amide bonds. The maximum absolute atomic E-state index is 11.3. The zero-order chi connectivity index (χ0) is 27.8. The smallest absolute Gasteiger partial charge is 0.115 e. The maximum atomic E-state index is 11.3. The van der Waals surface area contributed by atoms with E-state index in [4.69, 9.17) is 18.9 Å². The van der Waals surface area contributed by atoms with Gasteiger partial charge in [0.25, 0.3) is 0 Å². The molecule has 4 rings (SSSR count). The predicted molar refractivity (Wildman–Crippen MR) is 154 cm³/mol. The number of hydrogen-bond acceptors (Lipinski definition) is 6. The Morgan fingerprint density at radius 1 is 0.400 bits per heavy atom. The lowest BCUT2D eigenvalue weighted by molar-refractivity contribution is -0.184. The van der Waals surface area contributed by atoms with Gasteiger partial charge >= 0.3 is 0 Å². The van der Waals surface area contributed by atoms with Crippen LogP contribution in [0, 0.1) is 0 Å². The van der Waals surface area contributed by atoms with Gasteiger partial charge in [-0.1, -0.05) is 121 Å². The normalized spacial score (nSPS) is 14.3. The molecular weight excluding hydrogens is 504 g/mol. The van der Waals surface area contributed by atoms with Crippen LogP contribution in [-0.4, -0.2) is 47.8 Å². The highest BCUT2D eigenvalue weighted by Gasteiger charge is 2.36. The van der Waals surface area contributed by atoms with Crippen molar-refractivity contribution >= 4 is 0 Å². The highest BCUT2D eigenvalue weighted by molar-refractivity contribution is 5.16. The summed E-state index contributed by atoms with van der Waals surface area (Å²) in [5, 5.41) is 22.6. The summed E-state index contributed by atoms with van der Waals surface area (Å²) in [5.41, 5.74) is 3.90. The molecule has 0 aliphatic rings. The third kappa shape index (κ3) is 9.99. The molecule has 0 aliphatic carbocycles. The predicted octanol–water partition coefficient (Wildman–Crippen LogP) is 5.31. The fourth-order valence-corrected chi connectivity index (χ4v) is 4.32. The highest BCUT2D eigenvalue weighted by atomic mass is 16.6. The maximum Gasteiger partial charge on any atom is 0.115 e. The molecule has 4 atom stereocenters. The van der Waals surface area contributed by atoms with Crippen molar-refractivity contribution in [1.29, 1.82) is 0 Å². The van der Waals surface area contributed by atoms with Gasteiger partial charge in [-0.2, -0.15) is 0 Å². The summed E-state index contributed by atoms with van der Waals surface area (Å²) >= 11 is 0. The minimum Gasteiger partial charge on any atom is -0.388 e. The van der Waals surface area contributed by atoms with Crippen LogP contribution < -0.4 is 0 Å². The molecule has 2 N–H and O–H groups in total. The monoisotopic (exact) mass is 542 g/mol. The second kappa shape index (κ2) is 16.7. The SMILES string of the molecule is O[C@H](COCc1ccccc1)[C@@H](OCc1ccccc1)[C@H](OCc1ccccc1)[C@H](O)COCc1ccccc1. The van der Waals surface area contributed by atoms with Crippen molar-refractivity contribution in [3.05, 3.63) is 144 Å². The zero-order valence-corrected chi connectivity index (χ0v) is 22.6. The Hall–Kier alpha value is -3.36. The van der Waals surface area contributed by atoms with Crippen molar-refractivity contribution in [1.82, 2.24) is 0 Å². The number of rotatable bonds is 17. The quantitative estimate of drug-likeness (QED) is 0.188. The van der Waals surface area contributed by atoms with Gasteiger partial charge in [-0.05, 0) is 22.3 Å². The third-order valence-corrected chi connectivity index (χ3v) is 6.45. The summed E-state index contributed by atoms with van der Waals surface area (Å²) in [6, 6.07) is 39.0. The Morgan fingerprint density at radius 2 is 0.675 bits per heavy atom. The standard InChI is InChI=1S/C34H38O6/c35-31(25-37-21-27-13-5-1-6-14-27)33(39-23-29-17-9-3-10-18-29)34(40-24-30-19-11-4-12-20-30)32(36)26-38-22-28-15-7-2-8-16-28/h1-20,31-36H,21-26H2/t31-,32-,33-,34-/m1/s1. The first kappa shape index (κ1) is 29.6. The first-order chi connectivity index (χ1) is 19.7. The van der Waals surface area contributed by atoms with Crippen molar-refractivity contribution in [2.75, 3.05) is 13.2 Å². The van der Waals surface area contributed by atoms with E-state index in [0.29, 0.717) is 13.2 Å². The molecule has 0 fully saturated rings. The van der Waals surface area contributed by atoms with Crippen LogP contribution in [0.15, 0.2) is 121 Å². The van der Waals surface area contributed by atoms with Crippen molar-refractivity contribution in [3.63, 3.8) is 0 Å². The van der Waals surface area contributed by atoms with E-state index in [-0.39, 0.29) is 26.4 Å². The van der Waals surface area contributed by atoms with Crippen LogP contribution in [-0.2, 0) is 45.4 Å². The molecule has 0 spiro atoms. The molecule has 6 nitrogen and oxygen atoms in total. The van der Waals surface area contributed by atoms with Crippen LogP contribution in [0.5, 0.6) is 0 Å². The van der Waals surface area contributed by atoms with Gasteiger partial charge in [0.05, 0.1) is 39.6 Å². The molecule has 0 saturated heterocycles. The first-order valence-corrected chi connectivity index (χ1v) is 13.6. The number of aliphatic hydroxyl groups excluding tert-OH is 2. The average Bonchev–Trinajstić information content (AvgIpc) is 3.00. The van der Waals surface area contributed by atoms with Gasteiger partial charge in [0.15, 0.2) is 0 Å². The summed E-state index contributed by atoms with van der Waals surface area (Å²) in [5.74, 6) is 0. The summed E-state index contributed by atoms with van der Waals surface area (Å²) in [7, 11) is 0. The van der Waals surface area contributed by atoms with Crippen molar-refractivity contribution in [3.8, 4) is 0 Å². The minimum absolute atomic E-state index is 0.0111. The molecule has 4 aromatic rings. The Labute approximate surface area is 236 Å². The van der Waals surface area contributed by atoms with Gasteiger partial charge in [0.2, 0.25) is 0 Å². The summed E-state index contributed by atoms with van der Waals surface area (Å²) in [4.78, 5) is 0.